The van der Waals surface area contributed by atoms with Crippen molar-refractivity contribution in [3.63, 3.8) is 0 Å². The van der Waals surface area contributed by atoms with Crippen LogP contribution in [0.2, 0.25) is 0 Å². The van der Waals surface area contributed by atoms with Crippen molar-refractivity contribution in [3.05, 3.63) is 59.0 Å². The number of carbonyl (C=O) groups excluding carboxylic acids is 8. The largest absolute Gasteiger partial charge is 0.466 e. The van der Waals surface area contributed by atoms with Gasteiger partial charge >= 0.3 is 23.9 Å². The zero-order valence-electron chi connectivity index (χ0n) is 24.7. The smallest absolute Gasteiger partial charge is 0.329 e. The molecule has 1 unspecified atom stereocenters. The van der Waals surface area contributed by atoms with Crippen LogP contribution in [0.25, 0.3) is 0 Å². The summed E-state index contributed by atoms with van der Waals surface area (Å²) in [7, 11) is 0. The van der Waals surface area contributed by atoms with Gasteiger partial charge in [-0.05, 0) is 30.2 Å². The summed E-state index contributed by atoms with van der Waals surface area (Å²) in [5, 5.41) is 8.75. The number of esters is 4. The van der Waals surface area contributed by atoms with Gasteiger partial charge in [0.1, 0.15) is 37.2 Å². The highest BCUT2D eigenvalue weighted by Crippen LogP contribution is 2.15. The van der Waals surface area contributed by atoms with Gasteiger partial charge < -0.3 is 44.6 Å². The van der Waals surface area contributed by atoms with E-state index in [4.69, 9.17) is 13.9 Å². The van der Waals surface area contributed by atoms with Crippen LogP contribution in [-0.2, 0) is 70.1 Å². The normalized spacial score (nSPS) is 18.8. The van der Waals surface area contributed by atoms with Gasteiger partial charge in [0, 0.05) is 12.8 Å². The Labute approximate surface area is 261 Å². The molecule has 1 saturated heterocycles. The van der Waals surface area contributed by atoms with E-state index in [0.717, 1.165) is 17.1 Å². The second kappa shape index (κ2) is 17.5. The molecule has 0 radical (unpaired) electrons. The van der Waals surface area contributed by atoms with E-state index in [-0.39, 0.29) is 6.42 Å². The molecule has 4 amide bonds. The molecule has 2 heterocycles. The third-order valence-corrected chi connectivity index (χ3v) is 5.98. The van der Waals surface area contributed by atoms with Crippen molar-refractivity contribution in [2.75, 3.05) is 46.1 Å². The Morgan fingerprint density at radius 1 is 0.587 bits per heavy atom. The fraction of sp³-hybridized carbons (Fsp3) is 0.379. The van der Waals surface area contributed by atoms with Gasteiger partial charge in [-0.3, -0.25) is 33.6 Å². The highest BCUT2D eigenvalue weighted by Gasteiger charge is 2.25. The summed E-state index contributed by atoms with van der Waals surface area (Å²) in [5.74, 6) is -5.99. The number of hydrogen-bond acceptors (Lipinski definition) is 13. The molecule has 0 bridgehead atoms. The van der Waals surface area contributed by atoms with Crippen molar-refractivity contribution in [3.8, 4) is 0 Å². The summed E-state index contributed by atoms with van der Waals surface area (Å²) < 4.78 is 24.8. The van der Waals surface area contributed by atoms with Crippen LogP contribution in [0.1, 0.15) is 22.6 Å². The van der Waals surface area contributed by atoms with Crippen LogP contribution in [0.3, 0.4) is 0 Å². The molecule has 0 aliphatic carbocycles. The number of aryl methyl sites for hydroxylation is 1. The molecule has 1 atom stereocenters. The Bertz CT molecular complexity index is 1450. The van der Waals surface area contributed by atoms with Crippen molar-refractivity contribution >= 4 is 47.5 Å². The fourth-order valence-corrected chi connectivity index (χ4v) is 3.73. The minimum Gasteiger partial charge on any atom is -0.466 e. The predicted octanol–water partition coefficient (Wildman–Crippen LogP) is -2.26. The number of ether oxygens (including phenoxy) is 4. The molecule has 4 N–H and O–H groups in total. The third kappa shape index (κ3) is 12.9. The monoisotopic (exact) mass is 644 g/mol. The predicted molar refractivity (Wildman–Crippen MR) is 151 cm³/mol. The number of amides is 4. The van der Waals surface area contributed by atoms with E-state index < -0.39 is 99.6 Å². The maximum atomic E-state index is 12.9. The van der Waals surface area contributed by atoms with E-state index in [2.05, 4.69) is 30.7 Å². The van der Waals surface area contributed by atoms with E-state index in [9.17, 15) is 38.4 Å². The Balaban J connectivity index is 1.65. The van der Waals surface area contributed by atoms with Crippen LogP contribution in [0, 0.1) is 6.92 Å². The molecule has 1 aliphatic heterocycles. The van der Waals surface area contributed by atoms with Crippen molar-refractivity contribution in [2.24, 2.45) is 0 Å². The lowest BCUT2D eigenvalue weighted by molar-refractivity contribution is -0.154. The zero-order valence-corrected chi connectivity index (χ0v) is 24.7. The van der Waals surface area contributed by atoms with Crippen LogP contribution in [0.15, 0.2) is 40.8 Å². The number of nitrogens with one attached hydrogen (secondary N) is 4. The molecule has 0 spiro atoms. The van der Waals surface area contributed by atoms with Crippen LogP contribution in [0.5, 0.6) is 0 Å². The Morgan fingerprint density at radius 3 is 1.52 bits per heavy atom. The number of carbonyl (C=O) groups is 8. The first kappa shape index (κ1) is 34.7. The van der Waals surface area contributed by atoms with Gasteiger partial charge in [0.15, 0.2) is 26.4 Å². The average Bonchev–Trinajstić information content (AvgIpc) is 3.45. The summed E-state index contributed by atoms with van der Waals surface area (Å²) in [6.45, 7) is -3.38. The lowest BCUT2D eigenvalue weighted by Gasteiger charge is -2.18. The van der Waals surface area contributed by atoms with E-state index >= 15 is 0 Å². The Kier molecular flexibility index (Phi) is 13.2. The average molecular weight is 645 g/mol. The molecule has 1 fully saturated rings. The molecule has 3 rings (SSSR count). The van der Waals surface area contributed by atoms with Gasteiger partial charge in [-0.1, -0.05) is 24.3 Å². The molecule has 17 nitrogen and oxygen atoms in total. The molecule has 1 aliphatic rings. The summed E-state index contributed by atoms with van der Waals surface area (Å²) in [6.07, 6.45) is 0.465. The van der Waals surface area contributed by atoms with E-state index in [1.165, 1.54) is 0 Å². The number of furan rings is 1. The van der Waals surface area contributed by atoms with E-state index in [1.54, 1.807) is 12.1 Å². The highest BCUT2D eigenvalue weighted by molar-refractivity contribution is 5.90. The summed E-state index contributed by atoms with van der Waals surface area (Å²) >= 11 is 0. The van der Waals surface area contributed by atoms with Crippen molar-refractivity contribution < 1.29 is 61.7 Å². The standard InChI is InChI=1S/C29H32N4O13/c1-17-2-7-20(46-17)8-18-3-5-19(6-4-18)9-21-29(41)45-15-24(36)32-11-27(39)43-13-22(34)30-10-26(38)42-14-23(35)31-12-28(40)44-16-25(37)33-21/h2-7,21H,8-16H2,1H3,(H,30,34)(H,31,35)(H,32,36)(H,33,37). The van der Waals surface area contributed by atoms with Crippen molar-refractivity contribution in [1.82, 2.24) is 21.3 Å². The molecule has 46 heavy (non-hydrogen) atoms. The first-order valence-corrected chi connectivity index (χ1v) is 13.8. The molecule has 246 valence electrons. The minimum atomic E-state index is -1.32. The second-order valence-electron chi connectivity index (χ2n) is 9.75. The van der Waals surface area contributed by atoms with E-state index in [1.807, 2.05) is 31.2 Å². The first-order valence-electron chi connectivity index (χ1n) is 13.8. The van der Waals surface area contributed by atoms with Gasteiger partial charge in [0.05, 0.1) is 0 Å². The van der Waals surface area contributed by atoms with Crippen molar-refractivity contribution in [2.45, 2.75) is 25.8 Å². The minimum absolute atomic E-state index is 0.0660. The summed E-state index contributed by atoms with van der Waals surface area (Å²) in [4.78, 5) is 96.7. The lowest BCUT2D eigenvalue weighted by Crippen LogP contribution is -2.46. The van der Waals surface area contributed by atoms with E-state index in [0.29, 0.717) is 12.0 Å². The second-order valence-corrected chi connectivity index (χ2v) is 9.75. The van der Waals surface area contributed by atoms with Gasteiger partial charge in [-0.2, -0.15) is 0 Å². The Morgan fingerprint density at radius 2 is 1.04 bits per heavy atom. The molecule has 1 aromatic carbocycles. The Hall–Kier alpha value is -5.74. The molecule has 2 aromatic rings. The maximum Gasteiger partial charge on any atom is 0.329 e. The first-order chi connectivity index (χ1) is 22.0. The molecular weight excluding hydrogens is 612 g/mol. The number of cyclic esters (lactones) is 4. The SMILES string of the molecule is Cc1ccc(Cc2ccc(CC3NC(=O)COC(=O)CNC(=O)COC(=O)CNC(=O)COC(=O)CNC(=O)COC3=O)cc2)o1. The number of hydrogen-bond donors (Lipinski definition) is 4. The zero-order chi connectivity index (χ0) is 33.5. The quantitative estimate of drug-likeness (QED) is 0.203. The van der Waals surface area contributed by atoms with Gasteiger partial charge in [0.25, 0.3) is 23.6 Å². The maximum absolute atomic E-state index is 12.9. The number of benzene rings is 1. The van der Waals surface area contributed by atoms with Crippen molar-refractivity contribution in [1.29, 1.82) is 0 Å². The lowest BCUT2D eigenvalue weighted by atomic mass is 10.0. The van der Waals surface area contributed by atoms with Crippen LogP contribution in [-0.4, -0.2) is 99.6 Å². The molecule has 1 aromatic heterocycles. The van der Waals surface area contributed by atoms with Gasteiger partial charge in [-0.25, -0.2) is 4.79 Å². The molecular formula is C29H32N4O13. The van der Waals surface area contributed by atoms with Gasteiger partial charge in [0.2, 0.25) is 0 Å². The summed E-state index contributed by atoms with van der Waals surface area (Å²) in [5.41, 5.74) is 1.54. The summed E-state index contributed by atoms with van der Waals surface area (Å²) in [6, 6.07) is 9.48. The molecule has 0 saturated carbocycles. The van der Waals surface area contributed by atoms with Crippen LogP contribution in [0.4, 0.5) is 0 Å². The van der Waals surface area contributed by atoms with Crippen LogP contribution < -0.4 is 21.3 Å². The fourth-order valence-electron chi connectivity index (χ4n) is 3.73. The third-order valence-electron chi connectivity index (χ3n) is 5.98. The van der Waals surface area contributed by atoms with Crippen LogP contribution >= 0.6 is 0 Å². The molecule has 17 heteroatoms. The highest BCUT2D eigenvalue weighted by atomic mass is 16.6. The van der Waals surface area contributed by atoms with Gasteiger partial charge in [-0.15, -0.1) is 0 Å². The number of rotatable bonds is 4. The topological polar surface area (TPSA) is 235 Å².